The van der Waals surface area contributed by atoms with Gasteiger partial charge in [-0.25, -0.2) is 5.43 Å². The molecule has 2 aromatic heterocycles. The fraction of sp³-hybridized carbons (Fsp3) is 0.0769. The fourth-order valence-corrected chi connectivity index (χ4v) is 5.51. The van der Waals surface area contributed by atoms with Crippen molar-refractivity contribution in [2.24, 2.45) is 5.10 Å². The van der Waals surface area contributed by atoms with Crippen LogP contribution in [-0.4, -0.2) is 21.6 Å². The number of fused-ring (bicyclic) bond motifs is 2. The zero-order valence-corrected chi connectivity index (χ0v) is 21.2. The minimum absolute atomic E-state index is 0.0166. The van der Waals surface area contributed by atoms with Crippen molar-refractivity contribution in [3.63, 3.8) is 0 Å². The smallest absolute Gasteiger partial charge is 0.281 e. The number of rotatable bonds is 6. The average Bonchev–Trinajstić information content (AvgIpc) is 3.40. The maximum atomic E-state index is 12.7. The molecule has 3 aromatic carbocycles. The predicted octanol–water partition coefficient (Wildman–Crippen LogP) is 7.19. The molecule has 0 aliphatic heterocycles. The van der Waals surface area contributed by atoms with Gasteiger partial charge in [0.15, 0.2) is 0 Å². The zero-order chi connectivity index (χ0) is 25.4. The predicted molar refractivity (Wildman–Crippen MR) is 146 cm³/mol. The molecule has 180 valence electrons. The van der Waals surface area contributed by atoms with Crippen molar-refractivity contribution in [1.29, 1.82) is 0 Å². The molecule has 0 spiro atoms. The summed E-state index contributed by atoms with van der Waals surface area (Å²) in [6.45, 7) is 2.54. The highest BCUT2D eigenvalue weighted by Gasteiger charge is 2.15. The third kappa shape index (κ3) is 4.58. The fourth-order valence-electron chi connectivity index (χ4n) is 4.11. The number of nitro groups is 1. The highest BCUT2D eigenvalue weighted by atomic mass is 35.5. The minimum Gasteiger partial charge on any atom is -0.340 e. The van der Waals surface area contributed by atoms with Gasteiger partial charge in [-0.05, 0) is 42.8 Å². The zero-order valence-electron chi connectivity index (χ0n) is 18.9. The Morgan fingerprint density at radius 2 is 1.94 bits per heavy atom. The molecule has 0 atom stereocenters. The second-order valence-corrected chi connectivity index (χ2v) is 10.1. The number of thiophene rings is 1. The molecule has 10 heteroatoms. The number of hydrogen-bond acceptors (Lipinski definition) is 5. The topological polar surface area (TPSA) is 89.5 Å². The van der Waals surface area contributed by atoms with Crippen LogP contribution in [0.1, 0.15) is 26.5 Å². The SMILES string of the molecule is Cc1c(/C=N\NC(=O)c2cc3cc([N+](=O)[O-])ccc3s2)c2ccccc2n1Cc1ccc(Cl)cc1Cl. The first kappa shape index (κ1) is 24.0. The van der Waals surface area contributed by atoms with Crippen LogP contribution in [0.4, 0.5) is 5.69 Å². The van der Waals surface area contributed by atoms with Crippen LogP contribution < -0.4 is 5.43 Å². The van der Waals surface area contributed by atoms with Crippen molar-refractivity contribution >= 4 is 73.3 Å². The van der Waals surface area contributed by atoms with Crippen molar-refractivity contribution in [2.75, 3.05) is 0 Å². The quantitative estimate of drug-likeness (QED) is 0.141. The van der Waals surface area contributed by atoms with Gasteiger partial charge in [0.2, 0.25) is 0 Å². The van der Waals surface area contributed by atoms with Gasteiger partial charge < -0.3 is 4.57 Å². The summed E-state index contributed by atoms with van der Waals surface area (Å²) in [5, 5.41) is 18.0. The summed E-state index contributed by atoms with van der Waals surface area (Å²) < 4.78 is 2.93. The molecule has 0 aliphatic rings. The summed E-state index contributed by atoms with van der Waals surface area (Å²) >= 11 is 13.7. The van der Waals surface area contributed by atoms with E-state index in [4.69, 9.17) is 23.2 Å². The molecule has 7 nitrogen and oxygen atoms in total. The van der Waals surface area contributed by atoms with Crippen LogP contribution in [0.25, 0.3) is 21.0 Å². The first-order chi connectivity index (χ1) is 17.3. The Hall–Kier alpha value is -3.72. The third-order valence-corrected chi connectivity index (χ3v) is 7.62. The molecule has 5 rings (SSSR count). The number of amides is 1. The molecular weight excluding hydrogens is 519 g/mol. The van der Waals surface area contributed by atoms with Crippen LogP contribution in [-0.2, 0) is 6.54 Å². The van der Waals surface area contributed by atoms with Crippen LogP contribution in [0.3, 0.4) is 0 Å². The van der Waals surface area contributed by atoms with Crippen molar-refractivity contribution in [3.05, 3.63) is 109 Å². The van der Waals surface area contributed by atoms with Gasteiger partial charge in [-0.15, -0.1) is 11.3 Å². The second-order valence-electron chi connectivity index (χ2n) is 8.13. The maximum Gasteiger partial charge on any atom is 0.281 e. The lowest BCUT2D eigenvalue weighted by Crippen LogP contribution is -2.16. The van der Waals surface area contributed by atoms with E-state index >= 15 is 0 Å². The number of carbonyl (C=O) groups excluding carboxylic acids is 1. The molecule has 5 aromatic rings. The lowest BCUT2D eigenvalue weighted by atomic mass is 10.1. The summed E-state index contributed by atoms with van der Waals surface area (Å²) in [7, 11) is 0. The number of nitro benzene ring substituents is 1. The number of nitrogens with zero attached hydrogens (tertiary/aromatic N) is 3. The van der Waals surface area contributed by atoms with Gasteiger partial charge >= 0.3 is 0 Å². The minimum atomic E-state index is -0.458. The van der Waals surface area contributed by atoms with E-state index in [1.165, 1.54) is 23.5 Å². The normalized spacial score (nSPS) is 11.5. The Balaban J connectivity index is 1.41. The van der Waals surface area contributed by atoms with Gasteiger partial charge in [-0.3, -0.25) is 14.9 Å². The molecule has 1 amide bonds. The van der Waals surface area contributed by atoms with Crippen molar-refractivity contribution < 1.29 is 9.72 Å². The molecule has 0 bridgehead atoms. The number of hydrogen-bond donors (Lipinski definition) is 1. The lowest BCUT2D eigenvalue weighted by Gasteiger charge is -2.10. The number of hydrazone groups is 1. The van der Waals surface area contributed by atoms with Crippen molar-refractivity contribution in [3.8, 4) is 0 Å². The first-order valence-electron chi connectivity index (χ1n) is 10.8. The summed E-state index contributed by atoms with van der Waals surface area (Å²) in [4.78, 5) is 23.7. The highest BCUT2D eigenvalue weighted by molar-refractivity contribution is 7.20. The number of carbonyl (C=O) groups is 1. The van der Waals surface area contributed by atoms with Gasteiger partial charge in [-0.2, -0.15) is 5.10 Å². The van der Waals surface area contributed by atoms with Crippen molar-refractivity contribution in [1.82, 2.24) is 9.99 Å². The Bertz CT molecular complexity index is 1690. The molecule has 0 aliphatic carbocycles. The largest absolute Gasteiger partial charge is 0.340 e. The molecule has 36 heavy (non-hydrogen) atoms. The molecule has 0 fully saturated rings. The average molecular weight is 537 g/mol. The number of nitrogens with one attached hydrogen (secondary N) is 1. The summed E-state index contributed by atoms with van der Waals surface area (Å²) in [6, 6.07) is 19.6. The van der Waals surface area contributed by atoms with E-state index in [1.807, 2.05) is 43.3 Å². The number of non-ortho nitro benzene ring substituents is 1. The van der Waals surface area contributed by atoms with Gasteiger partial charge in [0.05, 0.1) is 16.0 Å². The van der Waals surface area contributed by atoms with E-state index in [0.717, 1.165) is 32.4 Å². The van der Waals surface area contributed by atoms with E-state index in [9.17, 15) is 14.9 Å². The van der Waals surface area contributed by atoms with E-state index in [-0.39, 0.29) is 11.6 Å². The highest BCUT2D eigenvalue weighted by Crippen LogP contribution is 2.30. The van der Waals surface area contributed by atoms with E-state index in [2.05, 4.69) is 15.1 Å². The second kappa shape index (κ2) is 9.73. The standard InChI is InChI=1S/C26H18Cl2N4O3S/c1-15-21(13-29-30-26(33)25-11-17-10-19(32(34)35)8-9-24(17)36-25)20-4-2-3-5-23(20)31(15)14-16-6-7-18(27)12-22(16)28/h2-13H,14H2,1H3,(H,30,33)/b29-13-. The number of benzene rings is 3. The van der Waals surface area contributed by atoms with Crippen LogP contribution in [0, 0.1) is 17.0 Å². The molecular formula is C26H18Cl2N4O3S. The Morgan fingerprint density at radius 3 is 2.72 bits per heavy atom. The molecule has 0 unspecified atom stereocenters. The van der Waals surface area contributed by atoms with Crippen molar-refractivity contribution in [2.45, 2.75) is 13.5 Å². The van der Waals surface area contributed by atoms with Gasteiger partial charge in [0.25, 0.3) is 11.6 Å². The number of aromatic nitrogens is 1. The van der Waals surface area contributed by atoms with E-state index in [0.29, 0.717) is 26.9 Å². The monoisotopic (exact) mass is 536 g/mol. The van der Waals surface area contributed by atoms with E-state index in [1.54, 1.807) is 24.4 Å². The Morgan fingerprint density at radius 1 is 1.14 bits per heavy atom. The molecule has 2 heterocycles. The lowest BCUT2D eigenvalue weighted by molar-refractivity contribution is -0.384. The number of para-hydroxylation sites is 1. The molecule has 0 radical (unpaired) electrons. The maximum absolute atomic E-state index is 12.7. The van der Waals surface area contributed by atoms with Gasteiger partial charge in [0, 0.05) is 61.0 Å². The van der Waals surface area contributed by atoms with Crippen LogP contribution in [0.15, 0.2) is 71.8 Å². The molecule has 0 saturated heterocycles. The van der Waals surface area contributed by atoms with E-state index < -0.39 is 4.92 Å². The van der Waals surface area contributed by atoms with Crippen LogP contribution >= 0.6 is 34.5 Å². The van der Waals surface area contributed by atoms with Gasteiger partial charge in [0.1, 0.15) is 0 Å². The first-order valence-corrected chi connectivity index (χ1v) is 12.4. The third-order valence-electron chi connectivity index (χ3n) is 5.92. The Labute approximate surface area is 219 Å². The van der Waals surface area contributed by atoms with Gasteiger partial charge in [-0.1, -0.05) is 47.5 Å². The molecule has 0 saturated carbocycles. The summed E-state index contributed by atoms with van der Waals surface area (Å²) in [5.41, 5.74) is 6.35. The van der Waals surface area contributed by atoms with Crippen LogP contribution in [0.2, 0.25) is 10.0 Å². The summed E-state index contributed by atoms with van der Waals surface area (Å²) in [5.74, 6) is -0.385. The summed E-state index contributed by atoms with van der Waals surface area (Å²) in [6.07, 6.45) is 1.63. The molecule has 1 N–H and O–H groups in total. The number of halogens is 2. The Kier molecular flexibility index (Phi) is 6.49. The van der Waals surface area contributed by atoms with Crippen LogP contribution in [0.5, 0.6) is 0 Å².